The van der Waals surface area contributed by atoms with E-state index in [4.69, 9.17) is 10.5 Å². The Morgan fingerprint density at radius 1 is 1.06 bits per heavy atom. The van der Waals surface area contributed by atoms with Crippen LogP contribution in [0.2, 0.25) is 0 Å². The minimum atomic E-state index is 0.463. The number of hydrogen-bond donors (Lipinski definition) is 1. The van der Waals surface area contributed by atoms with Crippen molar-refractivity contribution in [2.24, 2.45) is 5.73 Å². The molecular formula is C14H16N2O. The lowest BCUT2D eigenvalue weighted by Gasteiger charge is -2.06. The fraction of sp³-hybridized carbons (Fsp3) is 0.214. The van der Waals surface area contributed by atoms with Crippen LogP contribution in [0.1, 0.15) is 11.3 Å². The highest BCUT2D eigenvalue weighted by Gasteiger charge is 1.96. The monoisotopic (exact) mass is 228 g/mol. The Hall–Kier alpha value is -1.87. The quantitative estimate of drug-likeness (QED) is 0.853. The zero-order chi connectivity index (χ0) is 11.9. The van der Waals surface area contributed by atoms with Crippen molar-refractivity contribution in [1.82, 2.24) is 4.98 Å². The van der Waals surface area contributed by atoms with Crippen molar-refractivity contribution < 1.29 is 4.74 Å². The van der Waals surface area contributed by atoms with Gasteiger partial charge in [-0.3, -0.25) is 4.98 Å². The van der Waals surface area contributed by atoms with E-state index in [1.165, 1.54) is 5.56 Å². The Kier molecular flexibility index (Phi) is 4.11. The first-order valence-corrected chi connectivity index (χ1v) is 5.70. The van der Waals surface area contributed by atoms with E-state index in [0.29, 0.717) is 13.2 Å². The lowest BCUT2D eigenvalue weighted by Crippen LogP contribution is -2.03. The van der Waals surface area contributed by atoms with Gasteiger partial charge in [0, 0.05) is 13.0 Å². The van der Waals surface area contributed by atoms with Crippen LogP contribution in [0.25, 0.3) is 0 Å². The van der Waals surface area contributed by atoms with Gasteiger partial charge in [-0.05, 0) is 17.7 Å². The van der Waals surface area contributed by atoms with Gasteiger partial charge in [-0.15, -0.1) is 0 Å². The molecule has 3 heteroatoms. The molecule has 0 radical (unpaired) electrons. The van der Waals surface area contributed by atoms with Gasteiger partial charge in [0.05, 0.1) is 18.5 Å². The van der Waals surface area contributed by atoms with Crippen molar-refractivity contribution in [1.29, 1.82) is 0 Å². The van der Waals surface area contributed by atoms with Crippen molar-refractivity contribution in [3.05, 3.63) is 59.9 Å². The maximum atomic E-state index is 5.61. The number of pyridine rings is 1. The number of nitrogens with zero attached hydrogens (tertiary/aromatic N) is 1. The Labute approximate surface area is 101 Å². The molecule has 2 aromatic rings. The standard InChI is InChI=1S/C14H16N2O/c15-10-13-6-7-14(11-16-13)17-9-8-12-4-2-1-3-5-12/h1-7,11H,8-10,15H2. The van der Waals surface area contributed by atoms with Crippen LogP contribution in [-0.4, -0.2) is 11.6 Å². The van der Waals surface area contributed by atoms with Gasteiger partial charge in [0.25, 0.3) is 0 Å². The minimum absolute atomic E-state index is 0.463. The molecule has 0 aliphatic rings. The molecule has 1 aromatic carbocycles. The van der Waals surface area contributed by atoms with E-state index in [1.807, 2.05) is 30.3 Å². The number of ether oxygens (including phenoxy) is 1. The van der Waals surface area contributed by atoms with Crippen LogP contribution in [0, 0.1) is 0 Å². The molecule has 0 atom stereocenters. The van der Waals surface area contributed by atoms with Crippen LogP contribution in [0.3, 0.4) is 0 Å². The Bertz CT molecular complexity index is 440. The number of hydrogen-bond acceptors (Lipinski definition) is 3. The fourth-order valence-corrected chi connectivity index (χ4v) is 1.55. The molecule has 0 saturated heterocycles. The maximum absolute atomic E-state index is 5.61. The highest BCUT2D eigenvalue weighted by atomic mass is 16.5. The highest BCUT2D eigenvalue weighted by molar-refractivity contribution is 5.20. The Balaban J connectivity index is 1.82. The van der Waals surface area contributed by atoms with Crippen LogP contribution in [0.4, 0.5) is 0 Å². The summed E-state index contributed by atoms with van der Waals surface area (Å²) in [5.74, 6) is 0.790. The van der Waals surface area contributed by atoms with Gasteiger partial charge in [-0.1, -0.05) is 30.3 Å². The normalized spacial score (nSPS) is 10.2. The molecule has 0 bridgehead atoms. The van der Waals surface area contributed by atoms with E-state index in [9.17, 15) is 0 Å². The number of benzene rings is 1. The van der Waals surface area contributed by atoms with Crippen LogP contribution in [-0.2, 0) is 13.0 Å². The fourth-order valence-electron chi connectivity index (χ4n) is 1.55. The van der Waals surface area contributed by atoms with Crippen LogP contribution >= 0.6 is 0 Å². The summed E-state index contributed by atoms with van der Waals surface area (Å²) in [5.41, 5.74) is 7.62. The minimum Gasteiger partial charge on any atom is -0.492 e. The summed E-state index contributed by atoms with van der Waals surface area (Å²) < 4.78 is 5.61. The van der Waals surface area contributed by atoms with Gasteiger partial charge in [0.1, 0.15) is 5.75 Å². The lowest BCUT2D eigenvalue weighted by molar-refractivity contribution is 0.320. The van der Waals surface area contributed by atoms with Gasteiger partial charge in [0.2, 0.25) is 0 Å². The summed E-state index contributed by atoms with van der Waals surface area (Å²) in [5, 5.41) is 0. The average Bonchev–Trinajstić information content (AvgIpc) is 2.41. The van der Waals surface area contributed by atoms with Crippen molar-refractivity contribution in [2.45, 2.75) is 13.0 Å². The topological polar surface area (TPSA) is 48.1 Å². The van der Waals surface area contributed by atoms with E-state index >= 15 is 0 Å². The van der Waals surface area contributed by atoms with E-state index in [1.54, 1.807) is 6.20 Å². The van der Waals surface area contributed by atoms with Crippen molar-refractivity contribution in [3.63, 3.8) is 0 Å². The first-order valence-electron chi connectivity index (χ1n) is 5.70. The molecular weight excluding hydrogens is 212 g/mol. The first kappa shape index (κ1) is 11.6. The predicted octanol–water partition coefficient (Wildman–Crippen LogP) is 2.16. The largest absolute Gasteiger partial charge is 0.492 e. The summed E-state index contributed by atoms with van der Waals surface area (Å²) in [7, 11) is 0. The van der Waals surface area contributed by atoms with Crippen molar-refractivity contribution >= 4 is 0 Å². The van der Waals surface area contributed by atoms with Gasteiger partial charge >= 0.3 is 0 Å². The van der Waals surface area contributed by atoms with Crippen molar-refractivity contribution in [3.8, 4) is 5.75 Å². The predicted molar refractivity (Wildman–Crippen MR) is 67.8 cm³/mol. The van der Waals surface area contributed by atoms with E-state index in [-0.39, 0.29) is 0 Å². The molecule has 1 heterocycles. The molecule has 17 heavy (non-hydrogen) atoms. The highest BCUT2D eigenvalue weighted by Crippen LogP contribution is 2.09. The summed E-state index contributed by atoms with van der Waals surface area (Å²) in [4.78, 5) is 4.17. The van der Waals surface area contributed by atoms with Gasteiger partial charge in [-0.2, -0.15) is 0 Å². The van der Waals surface area contributed by atoms with E-state index in [2.05, 4.69) is 17.1 Å². The molecule has 2 N–H and O–H groups in total. The second kappa shape index (κ2) is 6.01. The third-order valence-electron chi connectivity index (χ3n) is 2.51. The Morgan fingerprint density at radius 3 is 2.53 bits per heavy atom. The molecule has 0 unspecified atom stereocenters. The molecule has 1 aromatic heterocycles. The van der Waals surface area contributed by atoms with Gasteiger partial charge in [0.15, 0.2) is 0 Å². The zero-order valence-electron chi connectivity index (χ0n) is 9.67. The molecule has 88 valence electrons. The van der Waals surface area contributed by atoms with Gasteiger partial charge in [-0.25, -0.2) is 0 Å². The molecule has 0 amide bonds. The van der Waals surface area contributed by atoms with E-state index < -0.39 is 0 Å². The summed E-state index contributed by atoms with van der Waals surface area (Å²) in [6.07, 6.45) is 2.62. The molecule has 2 rings (SSSR count). The van der Waals surface area contributed by atoms with Crippen LogP contribution in [0.15, 0.2) is 48.7 Å². The SMILES string of the molecule is NCc1ccc(OCCc2ccccc2)cn1. The molecule has 0 fully saturated rings. The maximum Gasteiger partial charge on any atom is 0.137 e. The molecule has 0 saturated carbocycles. The summed E-state index contributed by atoms with van der Waals surface area (Å²) >= 11 is 0. The van der Waals surface area contributed by atoms with Crippen LogP contribution in [0.5, 0.6) is 5.75 Å². The second-order valence-corrected chi connectivity index (χ2v) is 3.77. The summed E-state index contributed by atoms with van der Waals surface area (Å²) in [6, 6.07) is 14.1. The van der Waals surface area contributed by atoms with Crippen LogP contribution < -0.4 is 10.5 Å². The zero-order valence-corrected chi connectivity index (χ0v) is 9.67. The number of aromatic nitrogens is 1. The number of nitrogens with two attached hydrogens (primary N) is 1. The molecule has 0 aliphatic heterocycles. The lowest BCUT2D eigenvalue weighted by atomic mass is 10.2. The first-order chi connectivity index (χ1) is 8.38. The molecule has 0 aliphatic carbocycles. The number of rotatable bonds is 5. The molecule has 3 nitrogen and oxygen atoms in total. The van der Waals surface area contributed by atoms with E-state index in [0.717, 1.165) is 17.9 Å². The third-order valence-corrected chi connectivity index (χ3v) is 2.51. The van der Waals surface area contributed by atoms with Gasteiger partial charge < -0.3 is 10.5 Å². The smallest absolute Gasteiger partial charge is 0.137 e. The summed E-state index contributed by atoms with van der Waals surface area (Å²) in [6.45, 7) is 1.12. The Morgan fingerprint density at radius 2 is 1.88 bits per heavy atom. The molecule has 0 spiro atoms. The third kappa shape index (κ3) is 3.57. The average molecular weight is 228 g/mol. The van der Waals surface area contributed by atoms with Crippen molar-refractivity contribution in [2.75, 3.05) is 6.61 Å². The second-order valence-electron chi connectivity index (χ2n) is 3.77.